The van der Waals surface area contributed by atoms with Gasteiger partial charge in [-0.25, -0.2) is 4.57 Å². The Morgan fingerprint density at radius 2 is 2.20 bits per heavy atom. The van der Waals surface area contributed by atoms with Crippen LogP contribution in [0.4, 0.5) is 0 Å². The van der Waals surface area contributed by atoms with Crippen molar-refractivity contribution in [3.05, 3.63) is 24.0 Å². The van der Waals surface area contributed by atoms with Crippen molar-refractivity contribution >= 4 is 7.82 Å². The average Bonchev–Trinajstić information content (AvgIpc) is 2.05. The third-order valence-corrected chi connectivity index (χ3v) is 2.15. The number of rotatable bonds is 4. The first kappa shape index (κ1) is 12.2. The molecule has 1 heterocycles. The van der Waals surface area contributed by atoms with Gasteiger partial charge in [-0.2, -0.15) is 0 Å². The zero-order valence-electron chi connectivity index (χ0n) is 8.62. The van der Waals surface area contributed by atoms with Crippen molar-refractivity contribution < 1.29 is 18.9 Å². The number of hydrogen-bond acceptors (Lipinski definition) is 3. The molecule has 0 aliphatic heterocycles. The lowest BCUT2D eigenvalue weighted by Crippen LogP contribution is -1.99. The summed E-state index contributed by atoms with van der Waals surface area (Å²) in [4.78, 5) is 21.1. The van der Waals surface area contributed by atoms with Gasteiger partial charge in [0.15, 0.2) is 5.75 Å². The van der Waals surface area contributed by atoms with Crippen LogP contribution in [-0.2, 0) is 11.0 Å². The van der Waals surface area contributed by atoms with Crippen molar-refractivity contribution in [3.8, 4) is 5.75 Å². The molecule has 0 bridgehead atoms. The van der Waals surface area contributed by atoms with E-state index in [9.17, 15) is 4.57 Å². The zero-order valence-corrected chi connectivity index (χ0v) is 9.52. The van der Waals surface area contributed by atoms with E-state index in [0.717, 1.165) is 5.56 Å². The molecule has 0 unspecified atom stereocenters. The van der Waals surface area contributed by atoms with Gasteiger partial charge in [0.1, 0.15) is 0 Å². The van der Waals surface area contributed by atoms with Crippen molar-refractivity contribution in [1.29, 1.82) is 0 Å². The number of aromatic nitrogens is 1. The van der Waals surface area contributed by atoms with Gasteiger partial charge < -0.3 is 4.52 Å². The molecule has 6 heteroatoms. The van der Waals surface area contributed by atoms with Crippen LogP contribution in [0.2, 0.25) is 0 Å². The van der Waals surface area contributed by atoms with Gasteiger partial charge in [0.2, 0.25) is 0 Å². The van der Waals surface area contributed by atoms with Crippen molar-refractivity contribution in [2.24, 2.45) is 5.92 Å². The Kier molecular flexibility index (Phi) is 3.85. The molecule has 0 aromatic carbocycles. The van der Waals surface area contributed by atoms with Crippen molar-refractivity contribution in [3.63, 3.8) is 0 Å². The molecule has 0 radical (unpaired) electrons. The Morgan fingerprint density at radius 1 is 1.53 bits per heavy atom. The van der Waals surface area contributed by atoms with Crippen molar-refractivity contribution in [2.45, 2.75) is 20.3 Å². The summed E-state index contributed by atoms with van der Waals surface area (Å²) in [5, 5.41) is 0. The maximum absolute atomic E-state index is 10.7. The summed E-state index contributed by atoms with van der Waals surface area (Å²) in [5.41, 5.74) is 0.753. The first-order valence-corrected chi connectivity index (χ1v) is 6.09. The van der Waals surface area contributed by atoms with Crippen LogP contribution >= 0.6 is 7.82 Å². The minimum Gasteiger partial charge on any atom is -0.402 e. The summed E-state index contributed by atoms with van der Waals surface area (Å²) in [6.07, 6.45) is 3.58. The van der Waals surface area contributed by atoms with E-state index >= 15 is 0 Å². The van der Waals surface area contributed by atoms with E-state index in [1.165, 1.54) is 6.20 Å². The second-order valence-corrected chi connectivity index (χ2v) is 4.83. The average molecular weight is 231 g/mol. The number of phosphoric acid groups is 1. The van der Waals surface area contributed by atoms with E-state index in [1.54, 1.807) is 12.3 Å². The molecule has 0 aliphatic rings. The van der Waals surface area contributed by atoms with Crippen LogP contribution < -0.4 is 4.52 Å². The summed E-state index contributed by atoms with van der Waals surface area (Å²) < 4.78 is 15.2. The van der Waals surface area contributed by atoms with E-state index in [2.05, 4.69) is 9.51 Å². The number of pyridine rings is 1. The second kappa shape index (κ2) is 4.75. The van der Waals surface area contributed by atoms with Crippen LogP contribution in [0.15, 0.2) is 18.5 Å². The van der Waals surface area contributed by atoms with Crippen LogP contribution in [0.1, 0.15) is 19.4 Å². The molecular formula is C9H14NO4P. The predicted octanol–water partition coefficient (Wildman–Crippen LogP) is 1.75. The second-order valence-electron chi connectivity index (χ2n) is 3.66. The summed E-state index contributed by atoms with van der Waals surface area (Å²) in [6.45, 7) is 4.03. The molecule has 0 fully saturated rings. The van der Waals surface area contributed by atoms with E-state index in [-0.39, 0.29) is 5.75 Å². The first-order chi connectivity index (χ1) is 6.88. The lowest BCUT2D eigenvalue weighted by Gasteiger charge is -2.12. The van der Waals surface area contributed by atoms with Crippen molar-refractivity contribution in [2.75, 3.05) is 0 Å². The number of phosphoric ester groups is 1. The molecule has 5 nitrogen and oxygen atoms in total. The predicted molar refractivity (Wildman–Crippen MR) is 55.5 cm³/mol. The highest BCUT2D eigenvalue weighted by atomic mass is 31.2. The van der Waals surface area contributed by atoms with Gasteiger partial charge in [0.25, 0.3) is 0 Å². The minimum atomic E-state index is -4.50. The summed E-state index contributed by atoms with van der Waals surface area (Å²) >= 11 is 0. The maximum Gasteiger partial charge on any atom is 0.524 e. The molecule has 0 saturated carbocycles. The first-order valence-electron chi connectivity index (χ1n) is 4.56. The highest BCUT2D eigenvalue weighted by molar-refractivity contribution is 7.46. The Bertz CT molecular complexity index is 374. The minimum absolute atomic E-state index is 0.152. The lowest BCUT2D eigenvalue weighted by molar-refractivity contribution is 0.281. The van der Waals surface area contributed by atoms with Gasteiger partial charge in [0.05, 0.1) is 6.20 Å². The van der Waals surface area contributed by atoms with E-state index in [0.29, 0.717) is 12.3 Å². The molecule has 1 aromatic rings. The molecule has 15 heavy (non-hydrogen) atoms. The van der Waals surface area contributed by atoms with Crippen LogP contribution in [-0.4, -0.2) is 14.8 Å². The molecule has 0 spiro atoms. The van der Waals surface area contributed by atoms with E-state index in [1.807, 2.05) is 13.8 Å². The van der Waals surface area contributed by atoms with Gasteiger partial charge in [-0.05, 0) is 24.0 Å². The summed E-state index contributed by atoms with van der Waals surface area (Å²) in [7, 11) is -4.50. The summed E-state index contributed by atoms with van der Waals surface area (Å²) in [6, 6.07) is 1.70. The topological polar surface area (TPSA) is 79.7 Å². The third-order valence-electron chi connectivity index (χ3n) is 1.72. The Morgan fingerprint density at radius 3 is 2.73 bits per heavy atom. The largest absolute Gasteiger partial charge is 0.524 e. The number of hydrogen-bond donors (Lipinski definition) is 2. The molecule has 0 saturated heterocycles. The Labute approximate surface area is 88.4 Å². The normalized spacial score (nSPS) is 11.8. The molecule has 84 valence electrons. The fourth-order valence-corrected chi connectivity index (χ4v) is 1.65. The smallest absolute Gasteiger partial charge is 0.402 e. The maximum atomic E-state index is 10.7. The standard InChI is InChI=1S/C9H14NO4P/c1-7(2)5-8-3-4-10-6-9(8)14-15(11,12)13/h3-4,6-7H,5H2,1-2H3,(H2,11,12,13). The fraction of sp³-hybridized carbons (Fsp3) is 0.444. The SMILES string of the molecule is CC(C)Cc1ccncc1OP(=O)(O)O. The Balaban J connectivity index is 2.91. The molecule has 0 amide bonds. The fourth-order valence-electron chi connectivity index (χ4n) is 1.23. The van der Waals surface area contributed by atoms with Crippen LogP contribution in [0.5, 0.6) is 5.75 Å². The van der Waals surface area contributed by atoms with E-state index < -0.39 is 7.82 Å². The van der Waals surface area contributed by atoms with Crippen LogP contribution in [0.3, 0.4) is 0 Å². The monoisotopic (exact) mass is 231 g/mol. The molecule has 0 aliphatic carbocycles. The third kappa shape index (κ3) is 4.42. The lowest BCUT2D eigenvalue weighted by atomic mass is 10.0. The molecule has 1 rings (SSSR count). The summed E-state index contributed by atoms with van der Waals surface area (Å²) in [5.74, 6) is 0.533. The van der Waals surface area contributed by atoms with Gasteiger partial charge in [-0.3, -0.25) is 14.8 Å². The quantitative estimate of drug-likeness (QED) is 0.771. The van der Waals surface area contributed by atoms with Crippen LogP contribution in [0.25, 0.3) is 0 Å². The van der Waals surface area contributed by atoms with Gasteiger partial charge >= 0.3 is 7.82 Å². The molecule has 1 aromatic heterocycles. The highest BCUT2D eigenvalue weighted by Crippen LogP contribution is 2.39. The van der Waals surface area contributed by atoms with Gasteiger partial charge in [-0.15, -0.1) is 0 Å². The van der Waals surface area contributed by atoms with Crippen molar-refractivity contribution in [1.82, 2.24) is 4.98 Å². The molecule has 0 atom stereocenters. The van der Waals surface area contributed by atoms with Crippen LogP contribution in [0, 0.1) is 5.92 Å². The van der Waals surface area contributed by atoms with Gasteiger partial charge in [0, 0.05) is 6.20 Å². The number of nitrogens with zero attached hydrogens (tertiary/aromatic N) is 1. The molecular weight excluding hydrogens is 217 g/mol. The zero-order chi connectivity index (χ0) is 11.5. The van der Waals surface area contributed by atoms with E-state index in [4.69, 9.17) is 9.79 Å². The Hall–Kier alpha value is -0.900. The van der Waals surface area contributed by atoms with Gasteiger partial charge in [-0.1, -0.05) is 13.8 Å². The molecule has 2 N–H and O–H groups in total. The highest BCUT2D eigenvalue weighted by Gasteiger charge is 2.18.